The number of nitrogens with one attached hydrogen (secondary N) is 1. The van der Waals surface area contributed by atoms with Crippen LogP contribution in [0.5, 0.6) is 5.75 Å². The Balaban J connectivity index is 1.41. The van der Waals surface area contributed by atoms with Gasteiger partial charge < -0.3 is 19.4 Å². The summed E-state index contributed by atoms with van der Waals surface area (Å²) in [6.07, 6.45) is 6.21. The van der Waals surface area contributed by atoms with Crippen molar-refractivity contribution in [3.05, 3.63) is 30.0 Å². The molecule has 1 aromatic carbocycles. The molecule has 0 radical (unpaired) electrons. The standard InChI is InChI=1S/C22H30N2O3/c1-15(16-7-11-27-12-8-16)22(25)24-9-5-17(6-10-24)20-14-23-21-4-3-18(26-2)13-19(20)21/h3-4,13-17,23H,5-12H2,1-2H3. The van der Waals surface area contributed by atoms with Crippen LogP contribution in [-0.4, -0.2) is 49.2 Å². The maximum Gasteiger partial charge on any atom is 0.225 e. The normalized spacial score (nSPS) is 20.7. The molecule has 2 fully saturated rings. The highest BCUT2D eigenvalue weighted by Crippen LogP contribution is 2.35. The zero-order valence-electron chi connectivity index (χ0n) is 16.4. The van der Waals surface area contributed by atoms with Crippen LogP contribution in [0.15, 0.2) is 24.4 Å². The second-order valence-electron chi connectivity index (χ2n) is 7.99. The SMILES string of the molecule is COc1ccc2[nH]cc(C3CCN(C(=O)C(C)C4CCOCC4)CC3)c2c1. The van der Waals surface area contributed by atoms with E-state index in [1.165, 1.54) is 10.9 Å². The van der Waals surface area contributed by atoms with Gasteiger partial charge in [0.2, 0.25) is 5.91 Å². The lowest BCUT2D eigenvalue weighted by molar-refractivity contribution is -0.139. The highest BCUT2D eigenvalue weighted by atomic mass is 16.5. The highest BCUT2D eigenvalue weighted by Gasteiger charge is 2.32. The number of piperidine rings is 1. The van der Waals surface area contributed by atoms with Gasteiger partial charge in [-0.1, -0.05) is 6.92 Å². The maximum atomic E-state index is 12.9. The molecule has 2 aliphatic heterocycles. The number of ether oxygens (including phenoxy) is 2. The fraction of sp³-hybridized carbons (Fsp3) is 0.591. The van der Waals surface area contributed by atoms with Crippen molar-refractivity contribution in [1.82, 2.24) is 9.88 Å². The minimum atomic E-state index is 0.114. The van der Waals surface area contributed by atoms with Gasteiger partial charge in [0.1, 0.15) is 5.75 Å². The Hall–Kier alpha value is -2.01. The second kappa shape index (κ2) is 7.93. The summed E-state index contributed by atoms with van der Waals surface area (Å²) in [5.74, 6) is 2.31. The van der Waals surface area contributed by atoms with Gasteiger partial charge in [-0.15, -0.1) is 0 Å². The molecule has 1 unspecified atom stereocenters. The smallest absolute Gasteiger partial charge is 0.225 e. The number of carbonyl (C=O) groups excluding carboxylic acids is 1. The van der Waals surface area contributed by atoms with Crippen LogP contribution in [0.3, 0.4) is 0 Å². The molecule has 0 saturated carbocycles. The van der Waals surface area contributed by atoms with Gasteiger partial charge >= 0.3 is 0 Å². The van der Waals surface area contributed by atoms with Crippen molar-refractivity contribution in [2.45, 2.75) is 38.5 Å². The van der Waals surface area contributed by atoms with Crippen molar-refractivity contribution >= 4 is 16.8 Å². The van der Waals surface area contributed by atoms with Crippen molar-refractivity contribution in [3.63, 3.8) is 0 Å². The van der Waals surface area contributed by atoms with Crippen LogP contribution in [-0.2, 0) is 9.53 Å². The molecule has 3 heterocycles. The summed E-state index contributed by atoms with van der Waals surface area (Å²) >= 11 is 0. The number of likely N-dealkylation sites (tertiary alicyclic amines) is 1. The van der Waals surface area contributed by atoms with Crippen LogP contribution >= 0.6 is 0 Å². The molecular weight excluding hydrogens is 340 g/mol. The van der Waals surface area contributed by atoms with E-state index in [1.807, 2.05) is 6.07 Å². The lowest BCUT2D eigenvalue weighted by Gasteiger charge is -2.36. The molecule has 0 spiro atoms. The number of hydrogen-bond acceptors (Lipinski definition) is 3. The second-order valence-corrected chi connectivity index (χ2v) is 7.99. The Morgan fingerprint density at radius 1 is 1.22 bits per heavy atom. The summed E-state index contributed by atoms with van der Waals surface area (Å²) in [5, 5.41) is 1.25. The van der Waals surface area contributed by atoms with E-state index in [4.69, 9.17) is 9.47 Å². The Morgan fingerprint density at radius 2 is 1.96 bits per heavy atom. The quantitative estimate of drug-likeness (QED) is 0.887. The first-order valence-electron chi connectivity index (χ1n) is 10.2. The molecule has 27 heavy (non-hydrogen) atoms. The van der Waals surface area contributed by atoms with Crippen LogP contribution in [0, 0.1) is 11.8 Å². The predicted molar refractivity (Wildman–Crippen MR) is 106 cm³/mol. The molecule has 0 bridgehead atoms. The summed E-state index contributed by atoms with van der Waals surface area (Å²) in [4.78, 5) is 18.4. The van der Waals surface area contributed by atoms with E-state index in [0.29, 0.717) is 17.7 Å². The van der Waals surface area contributed by atoms with E-state index < -0.39 is 0 Å². The Bertz CT molecular complexity index is 786. The third-order valence-corrected chi connectivity index (χ3v) is 6.53. The van der Waals surface area contributed by atoms with Crippen molar-refractivity contribution in [3.8, 4) is 5.75 Å². The van der Waals surface area contributed by atoms with Gasteiger partial charge in [0.05, 0.1) is 7.11 Å². The van der Waals surface area contributed by atoms with Crippen molar-refractivity contribution < 1.29 is 14.3 Å². The average Bonchev–Trinajstić information content (AvgIpc) is 3.16. The molecule has 1 amide bonds. The predicted octanol–water partition coefficient (Wildman–Crippen LogP) is 3.95. The van der Waals surface area contributed by atoms with E-state index in [-0.39, 0.29) is 5.92 Å². The zero-order valence-corrected chi connectivity index (χ0v) is 16.4. The minimum Gasteiger partial charge on any atom is -0.497 e. The van der Waals surface area contributed by atoms with Gasteiger partial charge in [-0.05, 0) is 61.3 Å². The Labute approximate surface area is 161 Å². The largest absolute Gasteiger partial charge is 0.497 e. The topological polar surface area (TPSA) is 54.6 Å². The number of nitrogens with zero attached hydrogens (tertiary/aromatic N) is 1. The molecule has 1 aromatic heterocycles. The highest BCUT2D eigenvalue weighted by molar-refractivity contribution is 5.85. The number of aromatic nitrogens is 1. The maximum absolute atomic E-state index is 12.9. The first-order chi connectivity index (χ1) is 13.2. The molecule has 2 saturated heterocycles. The summed E-state index contributed by atoms with van der Waals surface area (Å²) in [7, 11) is 1.71. The third-order valence-electron chi connectivity index (χ3n) is 6.53. The molecule has 2 aliphatic rings. The van der Waals surface area contributed by atoms with Gasteiger partial charge in [-0.25, -0.2) is 0 Å². The van der Waals surface area contributed by atoms with Gasteiger partial charge in [-0.3, -0.25) is 4.79 Å². The van der Waals surface area contributed by atoms with Gasteiger partial charge in [0, 0.05) is 49.3 Å². The lowest BCUT2D eigenvalue weighted by atomic mass is 9.84. The van der Waals surface area contributed by atoms with Crippen molar-refractivity contribution in [2.24, 2.45) is 11.8 Å². The van der Waals surface area contributed by atoms with E-state index in [9.17, 15) is 4.79 Å². The van der Waals surface area contributed by atoms with Crippen molar-refractivity contribution in [1.29, 1.82) is 0 Å². The molecule has 1 atom stereocenters. The number of amides is 1. The minimum absolute atomic E-state index is 0.114. The summed E-state index contributed by atoms with van der Waals surface area (Å²) < 4.78 is 10.8. The molecule has 5 heteroatoms. The first kappa shape index (κ1) is 18.4. The number of rotatable bonds is 4. The molecule has 146 valence electrons. The van der Waals surface area contributed by atoms with E-state index in [1.54, 1.807) is 7.11 Å². The number of fused-ring (bicyclic) bond motifs is 1. The van der Waals surface area contributed by atoms with Crippen LogP contribution in [0.25, 0.3) is 10.9 Å². The number of hydrogen-bond donors (Lipinski definition) is 1. The summed E-state index contributed by atoms with van der Waals surface area (Å²) in [6.45, 7) is 5.42. The number of H-pyrrole nitrogens is 1. The van der Waals surface area contributed by atoms with Crippen molar-refractivity contribution in [2.75, 3.05) is 33.4 Å². The average molecular weight is 370 g/mol. The molecular formula is C22H30N2O3. The van der Waals surface area contributed by atoms with E-state index >= 15 is 0 Å². The molecule has 2 aromatic rings. The Kier molecular flexibility index (Phi) is 5.39. The van der Waals surface area contributed by atoms with Gasteiger partial charge in [0.15, 0.2) is 0 Å². The van der Waals surface area contributed by atoms with Crippen LogP contribution in [0.2, 0.25) is 0 Å². The van der Waals surface area contributed by atoms with Crippen LogP contribution in [0.1, 0.15) is 44.1 Å². The van der Waals surface area contributed by atoms with E-state index in [2.05, 4.69) is 35.1 Å². The van der Waals surface area contributed by atoms with Crippen LogP contribution in [0.4, 0.5) is 0 Å². The molecule has 4 rings (SSSR count). The van der Waals surface area contributed by atoms with Gasteiger partial charge in [0.25, 0.3) is 0 Å². The number of carbonyl (C=O) groups is 1. The van der Waals surface area contributed by atoms with Crippen LogP contribution < -0.4 is 4.74 Å². The number of aromatic amines is 1. The monoisotopic (exact) mass is 370 g/mol. The summed E-state index contributed by atoms with van der Waals surface area (Å²) in [5.41, 5.74) is 2.51. The fourth-order valence-corrected chi connectivity index (χ4v) is 4.70. The third kappa shape index (κ3) is 3.70. The zero-order chi connectivity index (χ0) is 18.8. The number of benzene rings is 1. The Morgan fingerprint density at radius 3 is 2.67 bits per heavy atom. The molecule has 0 aliphatic carbocycles. The van der Waals surface area contributed by atoms with E-state index in [0.717, 1.165) is 63.3 Å². The van der Waals surface area contributed by atoms with Gasteiger partial charge in [-0.2, -0.15) is 0 Å². The molecule has 1 N–H and O–H groups in total. The summed E-state index contributed by atoms with van der Waals surface area (Å²) in [6, 6.07) is 6.18. The first-order valence-corrected chi connectivity index (χ1v) is 10.2. The lowest BCUT2D eigenvalue weighted by Crippen LogP contribution is -2.43. The number of methoxy groups -OCH3 is 1. The molecule has 5 nitrogen and oxygen atoms in total. The fourth-order valence-electron chi connectivity index (χ4n) is 4.70.